The Morgan fingerprint density at radius 3 is 2.79 bits per heavy atom. The van der Waals surface area contributed by atoms with Gasteiger partial charge in [0.25, 0.3) is 0 Å². The maximum absolute atomic E-state index is 11.7. The van der Waals surface area contributed by atoms with Gasteiger partial charge in [-0.2, -0.15) is 0 Å². The lowest BCUT2D eigenvalue weighted by atomic mass is 10.1. The molecule has 0 heterocycles. The Morgan fingerprint density at radius 2 is 2.21 bits per heavy atom. The first-order valence-electron chi connectivity index (χ1n) is 6.03. The quantitative estimate of drug-likeness (QED) is 0.788. The van der Waals surface area contributed by atoms with E-state index in [9.17, 15) is 4.79 Å². The van der Waals surface area contributed by atoms with Crippen molar-refractivity contribution in [1.29, 1.82) is 0 Å². The molecule has 0 unspecified atom stereocenters. The van der Waals surface area contributed by atoms with E-state index in [0.29, 0.717) is 17.1 Å². The summed E-state index contributed by atoms with van der Waals surface area (Å²) in [7, 11) is 1.82. The highest BCUT2D eigenvalue weighted by atomic mass is 35.5. The van der Waals surface area contributed by atoms with E-state index in [2.05, 4.69) is 5.32 Å². The minimum absolute atomic E-state index is 0.0341. The number of benzene rings is 1. The Balaban J connectivity index is 2.84. The van der Waals surface area contributed by atoms with E-state index in [0.717, 1.165) is 12.1 Å². The van der Waals surface area contributed by atoms with E-state index in [1.54, 1.807) is 17.0 Å². The number of carbonyl (C=O) groups is 1. The van der Waals surface area contributed by atoms with E-state index < -0.39 is 0 Å². The number of nitrogens with one attached hydrogen (secondary N) is 1. The molecule has 6 heteroatoms. The molecule has 0 bridgehead atoms. The number of nitrogens with zero attached hydrogens (tertiary/aromatic N) is 1. The zero-order valence-corrected chi connectivity index (χ0v) is 12.6. The molecule has 1 aromatic rings. The van der Waals surface area contributed by atoms with E-state index in [1.165, 1.54) is 0 Å². The van der Waals surface area contributed by atoms with Crippen LogP contribution in [0.5, 0.6) is 0 Å². The highest BCUT2D eigenvalue weighted by molar-refractivity contribution is 7.80. The van der Waals surface area contributed by atoms with Crippen LogP contribution in [0.1, 0.15) is 18.9 Å². The second-order valence-corrected chi connectivity index (χ2v) is 5.11. The van der Waals surface area contributed by atoms with Crippen LogP contribution in [0.4, 0.5) is 5.69 Å². The molecule has 1 aromatic carbocycles. The molecule has 0 atom stereocenters. The fraction of sp³-hybridized carbons (Fsp3) is 0.385. The van der Waals surface area contributed by atoms with Crippen molar-refractivity contribution >= 4 is 40.4 Å². The van der Waals surface area contributed by atoms with Gasteiger partial charge in [-0.3, -0.25) is 4.79 Å². The third kappa shape index (κ3) is 4.69. The van der Waals surface area contributed by atoms with Crippen molar-refractivity contribution < 1.29 is 4.79 Å². The molecule has 0 aliphatic heterocycles. The molecule has 0 aromatic heterocycles. The minimum atomic E-state index is -0.0341. The van der Waals surface area contributed by atoms with Crippen LogP contribution in [-0.4, -0.2) is 31.0 Å². The summed E-state index contributed by atoms with van der Waals surface area (Å²) in [5.74, 6) is -0.0341. The first kappa shape index (κ1) is 15.7. The van der Waals surface area contributed by atoms with Gasteiger partial charge in [-0.25, -0.2) is 0 Å². The summed E-state index contributed by atoms with van der Waals surface area (Å²) in [5, 5.41) is 3.39. The second-order valence-electron chi connectivity index (χ2n) is 4.23. The molecule has 1 amide bonds. The van der Waals surface area contributed by atoms with Gasteiger partial charge in [-0.15, -0.1) is 0 Å². The summed E-state index contributed by atoms with van der Waals surface area (Å²) >= 11 is 10.9. The number of hydrogen-bond donors (Lipinski definition) is 2. The monoisotopic (exact) mass is 299 g/mol. The average Bonchev–Trinajstić information content (AvgIpc) is 2.35. The molecular formula is C13H18ClN3OS. The van der Waals surface area contributed by atoms with Gasteiger partial charge in [-0.1, -0.05) is 30.7 Å². The summed E-state index contributed by atoms with van der Waals surface area (Å²) in [4.78, 5) is 13.8. The molecule has 0 aliphatic carbocycles. The maximum atomic E-state index is 11.7. The van der Waals surface area contributed by atoms with Crippen molar-refractivity contribution in [1.82, 2.24) is 5.32 Å². The van der Waals surface area contributed by atoms with Gasteiger partial charge in [0, 0.05) is 29.9 Å². The molecule has 0 saturated carbocycles. The molecule has 3 N–H and O–H groups in total. The number of carbonyl (C=O) groups excluding carboxylic acids is 1. The number of hydrogen-bond acceptors (Lipinski definition) is 3. The van der Waals surface area contributed by atoms with Crippen LogP contribution >= 0.6 is 23.8 Å². The summed E-state index contributed by atoms with van der Waals surface area (Å²) in [6, 6.07) is 5.27. The van der Waals surface area contributed by atoms with Gasteiger partial charge in [0.05, 0.1) is 6.54 Å². The van der Waals surface area contributed by atoms with Gasteiger partial charge < -0.3 is 16.0 Å². The van der Waals surface area contributed by atoms with Crippen LogP contribution in [0.2, 0.25) is 5.02 Å². The fourth-order valence-corrected chi connectivity index (χ4v) is 1.99. The van der Waals surface area contributed by atoms with Crippen molar-refractivity contribution in [2.75, 3.05) is 25.0 Å². The summed E-state index contributed by atoms with van der Waals surface area (Å²) in [6.45, 7) is 2.93. The molecule has 104 valence electrons. The molecule has 0 saturated heterocycles. The predicted octanol–water partition coefficient (Wildman–Crippen LogP) is 1.94. The normalized spacial score (nSPS) is 10.1. The Morgan fingerprint density at radius 1 is 1.53 bits per heavy atom. The van der Waals surface area contributed by atoms with Gasteiger partial charge >= 0.3 is 0 Å². The minimum Gasteiger partial charge on any atom is -0.389 e. The molecule has 1 rings (SSSR count). The molecule has 0 radical (unpaired) electrons. The van der Waals surface area contributed by atoms with E-state index >= 15 is 0 Å². The van der Waals surface area contributed by atoms with Crippen molar-refractivity contribution in [3.63, 3.8) is 0 Å². The number of nitrogens with two attached hydrogens (primary N) is 1. The van der Waals surface area contributed by atoms with Gasteiger partial charge in [0.2, 0.25) is 5.91 Å². The molecule has 19 heavy (non-hydrogen) atoms. The highest BCUT2D eigenvalue weighted by Gasteiger charge is 2.13. The van der Waals surface area contributed by atoms with Crippen LogP contribution in [0.15, 0.2) is 18.2 Å². The lowest BCUT2D eigenvalue weighted by molar-refractivity contribution is -0.119. The lowest BCUT2D eigenvalue weighted by Gasteiger charge is -2.21. The summed E-state index contributed by atoms with van der Waals surface area (Å²) in [5.41, 5.74) is 7.15. The summed E-state index contributed by atoms with van der Waals surface area (Å²) < 4.78 is 0. The molecular weight excluding hydrogens is 282 g/mol. The SMILES string of the molecule is CCCNC(=O)CN(C)c1ccc(Cl)cc1C(N)=S. The van der Waals surface area contributed by atoms with Gasteiger partial charge in [-0.05, 0) is 24.6 Å². The zero-order chi connectivity index (χ0) is 14.4. The molecule has 0 aliphatic rings. The second kappa shape index (κ2) is 7.31. The topological polar surface area (TPSA) is 58.4 Å². The fourth-order valence-electron chi connectivity index (χ4n) is 1.66. The zero-order valence-electron chi connectivity index (χ0n) is 11.1. The first-order chi connectivity index (χ1) is 8.95. The van der Waals surface area contributed by atoms with E-state index in [1.807, 2.05) is 20.0 Å². The van der Waals surface area contributed by atoms with Crippen molar-refractivity contribution in [3.05, 3.63) is 28.8 Å². The van der Waals surface area contributed by atoms with Crippen molar-refractivity contribution in [2.24, 2.45) is 5.73 Å². The third-order valence-electron chi connectivity index (χ3n) is 2.59. The number of anilines is 1. The molecule has 4 nitrogen and oxygen atoms in total. The smallest absolute Gasteiger partial charge is 0.239 e. The third-order valence-corrected chi connectivity index (χ3v) is 3.04. The van der Waals surface area contributed by atoms with Gasteiger partial charge in [0.15, 0.2) is 0 Å². The average molecular weight is 300 g/mol. The number of thiocarbonyl (C=S) groups is 1. The molecule has 0 fully saturated rings. The predicted molar refractivity (Wildman–Crippen MR) is 83.9 cm³/mol. The first-order valence-corrected chi connectivity index (χ1v) is 6.81. The number of likely N-dealkylation sites (N-methyl/N-ethyl adjacent to an activating group) is 1. The Bertz CT molecular complexity index is 479. The standard InChI is InChI=1S/C13H18ClN3OS/c1-3-6-16-12(18)8-17(2)11-5-4-9(14)7-10(11)13(15)19/h4-5,7H,3,6,8H2,1-2H3,(H2,15,19)(H,16,18). The molecule has 0 spiro atoms. The van der Waals surface area contributed by atoms with Gasteiger partial charge in [0.1, 0.15) is 4.99 Å². The van der Waals surface area contributed by atoms with E-state index in [-0.39, 0.29) is 17.4 Å². The van der Waals surface area contributed by atoms with Crippen LogP contribution in [-0.2, 0) is 4.79 Å². The highest BCUT2D eigenvalue weighted by Crippen LogP contribution is 2.23. The lowest BCUT2D eigenvalue weighted by Crippen LogP contribution is -2.36. The van der Waals surface area contributed by atoms with Crippen molar-refractivity contribution in [2.45, 2.75) is 13.3 Å². The maximum Gasteiger partial charge on any atom is 0.239 e. The Labute approximate surface area is 123 Å². The largest absolute Gasteiger partial charge is 0.389 e. The van der Waals surface area contributed by atoms with Crippen molar-refractivity contribution in [3.8, 4) is 0 Å². The van der Waals surface area contributed by atoms with E-state index in [4.69, 9.17) is 29.6 Å². The Hall–Kier alpha value is -1.33. The number of halogens is 1. The van der Waals surface area contributed by atoms with Crippen LogP contribution < -0.4 is 16.0 Å². The summed E-state index contributed by atoms with van der Waals surface area (Å²) in [6.07, 6.45) is 0.911. The van der Waals surface area contributed by atoms with Crippen LogP contribution in [0, 0.1) is 0 Å². The number of rotatable bonds is 6. The van der Waals surface area contributed by atoms with Crippen LogP contribution in [0.25, 0.3) is 0 Å². The van der Waals surface area contributed by atoms with Crippen LogP contribution in [0.3, 0.4) is 0 Å². The number of amides is 1. The Kier molecular flexibility index (Phi) is 6.05.